The molecular weight excluding hydrogens is 745 g/mol. The van der Waals surface area contributed by atoms with Crippen LogP contribution >= 0.6 is 55.1 Å². The van der Waals surface area contributed by atoms with E-state index in [-0.39, 0.29) is 18.9 Å². The number of nitrogens with one attached hydrogen (secondary N) is 2. The summed E-state index contributed by atoms with van der Waals surface area (Å²) in [6.45, 7) is 0.951. The Morgan fingerprint density at radius 2 is 1.76 bits per heavy atom. The molecular formula is C34H31Br2Cl2N3O4. The number of hydrazine groups is 1. The van der Waals surface area contributed by atoms with Crippen molar-refractivity contribution in [2.45, 2.75) is 30.9 Å². The van der Waals surface area contributed by atoms with Crippen LogP contribution in [0.2, 0.25) is 10.0 Å². The molecule has 1 aliphatic rings. The molecule has 45 heavy (non-hydrogen) atoms. The fourth-order valence-corrected chi connectivity index (χ4v) is 6.21. The molecule has 0 aromatic heterocycles. The van der Waals surface area contributed by atoms with Crippen molar-refractivity contribution in [2.24, 2.45) is 4.99 Å². The van der Waals surface area contributed by atoms with E-state index in [1.54, 1.807) is 30.3 Å². The number of rotatable bonds is 13. The van der Waals surface area contributed by atoms with Gasteiger partial charge in [0.25, 0.3) is 5.91 Å². The molecule has 0 radical (unpaired) electrons. The van der Waals surface area contributed by atoms with Gasteiger partial charge >= 0.3 is 0 Å². The van der Waals surface area contributed by atoms with Crippen LogP contribution in [0.3, 0.4) is 0 Å². The number of amides is 1. The highest BCUT2D eigenvalue weighted by molar-refractivity contribution is 9.10. The van der Waals surface area contributed by atoms with Gasteiger partial charge in [-0.25, -0.2) is 10.4 Å². The number of hydrogen-bond donors (Lipinski definition) is 3. The van der Waals surface area contributed by atoms with Gasteiger partial charge in [0.05, 0.1) is 6.61 Å². The summed E-state index contributed by atoms with van der Waals surface area (Å²) >= 11 is 20.1. The van der Waals surface area contributed by atoms with E-state index >= 15 is 0 Å². The van der Waals surface area contributed by atoms with Crippen LogP contribution in [-0.2, 0) is 22.4 Å². The summed E-state index contributed by atoms with van der Waals surface area (Å²) < 4.78 is 14.1. The number of carbonyl (C=O) groups excluding carboxylic acids is 1. The summed E-state index contributed by atoms with van der Waals surface area (Å²) in [4.78, 5) is 19.4. The van der Waals surface area contributed by atoms with Crippen LogP contribution in [0.5, 0.6) is 5.75 Å². The van der Waals surface area contributed by atoms with Gasteiger partial charge in [-0.1, -0.05) is 91.5 Å². The molecule has 1 amide bonds. The summed E-state index contributed by atoms with van der Waals surface area (Å²) in [7, 11) is 0. The molecule has 11 heteroatoms. The monoisotopic (exact) mass is 773 g/mol. The third-order valence-corrected chi connectivity index (χ3v) is 9.21. The van der Waals surface area contributed by atoms with Gasteiger partial charge in [-0.3, -0.25) is 10.2 Å². The number of benzene rings is 4. The molecule has 234 valence electrons. The summed E-state index contributed by atoms with van der Waals surface area (Å²) in [5.74, 6) is 0.573. The number of carbonyl (C=O) groups is 1. The SMILES string of the molecule is O=C(NNCCc1ccc(Br)cc1)[C@@]1(Cc2ccccc2Br)N=C(c2ccc(OCCCO)cc2)O[C@H]1c1ccc(Cl)cc1Cl. The van der Waals surface area contributed by atoms with E-state index in [2.05, 4.69) is 42.7 Å². The van der Waals surface area contributed by atoms with Crippen molar-refractivity contribution in [3.8, 4) is 5.75 Å². The van der Waals surface area contributed by atoms with Crippen molar-refractivity contribution in [3.05, 3.63) is 132 Å². The minimum atomic E-state index is -1.45. The van der Waals surface area contributed by atoms with Gasteiger partial charge in [-0.15, -0.1) is 0 Å². The highest BCUT2D eigenvalue weighted by Gasteiger charge is 2.54. The van der Waals surface area contributed by atoms with Gasteiger partial charge in [0, 0.05) is 56.1 Å². The van der Waals surface area contributed by atoms with Gasteiger partial charge in [-0.05, 0) is 72.1 Å². The first-order valence-electron chi connectivity index (χ1n) is 14.4. The Balaban J connectivity index is 1.50. The normalized spacial score (nSPS) is 17.4. The van der Waals surface area contributed by atoms with E-state index in [1.807, 2.05) is 60.7 Å². The highest BCUT2D eigenvalue weighted by Crippen LogP contribution is 2.45. The summed E-state index contributed by atoms with van der Waals surface area (Å²) in [5, 5.41) is 9.89. The lowest BCUT2D eigenvalue weighted by Gasteiger charge is -2.31. The lowest BCUT2D eigenvalue weighted by molar-refractivity contribution is -0.130. The number of aliphatic hydroxyl groups is 1. The minimum absolute atomic E-state index is 0.0537. The molecule has 3 N–H and O–H groups in total. The average Bonchev–Trinajstić information content (AvgIpc) is 3.42. The first kappa shape index (κ1) is 33.4. The van der Waals surface area contributed by atoms with Gasteiger partial charge in [0.15, 0.2) is 11.6 Å². The zero-order valence-corrected chi connectivity index (χ0v) is 28.8. The molecule has 5 rings (SSSR count). The third-order valence-electron chi connectivity index (χ3n) is 7.35. The van der Waals surface area contributed by atoms with E-state index in [1.165, 1.54) is 0 Å². The predicted molar refractivity (Wildman–Crippen MR) is 185 cm³/mol. The Kier molecular flexibility index (Phi) is 11.6. The van der Waals surface area contributed by atoms with Crippen LogP contribution < -0.4 is 15.6 Å². The third kappa shape index (κ3) is 8.27. The minimum Gasteiger partial charge on any atom is -0.494 e. The smallest absolute Gasteiger partial charge is 0.266 e. The first-order valence-corrected chi connectivity index (χ1v) is 16.7. The second kappa shape index (κ2) is 15.6. The maximum atomic E-state index is 14.4. The molecule has 4 aromatic rings. The second-order valence-electron chi connectivity index (χ2n) is 10.5. The molecule has 7 nitrogen and oxygen atoms in total. The summed E-state index contributed by atoms with van der Waals surface area (Å²) in [6, 6.07) is 28.2. The quantitative estimate of drug-likeness (QED) is 0.0960. The highest BCUT2D eigenvalue weighted by atomic mass is 79.9. The second-order valence-corrected chi connectivity index (χ2v) is 13.1. The number of aliphatic imine (C=N–C) groups is 1. The van der Waals surface area contributed by atoms with Crippen molar-refractivity contribution < 1.29 is 19.4 Å². The van der Waals surface area contributed by atoms with Crippen molar-refractivity contribution in [1.82, 2.24) is 10.9 Å². The number of nitrogens with zero attached hydrogens (tertiary/aromatic N) is 1. The summed E-state index contributed by atoms with van der Waals surface area (Å²) in [5.41, 5.74) is 7.82. The molecule has 1 aliphatic heterocycles. The van der Waals surface area contributed by atoms with Gasteiger partial charge in [-0.2, -0.15) is 0 Å². The predicted octanol–water partition coefficient (Wildman–Crippen LogP) is 7.64. The molecule has 0 saturated heterocycles. The molecule has 1 heterocycles. The number of hydrogen-bond acceptors (Lipinski definition) is 6. The fraction of sp³-hybridized carbons (Fsp3) is 0.235. The van der Waals surface area contributed by atoms with Crippen LogP contribution in [0.1, 0.15) is 34.8 Å². The van der Waals surface area contributed by atoms with Gasteiger partial charge < -0.3 is 14.6 Å². The zero-order chi connectivity index (χ0) is 31.8. The van der Waals surface area contributed by atoms with Crippen molar-refractivity contribution in [2.75, 3.05) is 19.8 Å². The van der Waals surface area contributed by atoms with Crippen LogP contribution in [0, 0.1) is 0 Å². The molecule has 0 fully saturated rings. The molecule has 4 aromatic carbocycles. The largest absolute Gasteiger partial charge is 0.494 e. The molecule has 0 spiro atoms. The maximum Gasteiger partial charge on any atom is 0.266 e. The maximum absolute atomic E-state index is 14.4. The van der Waals surface area contributed by atoms with E-state index in [0.29, 0.717) is 58.8 Å². The van der Waals surface area contributed by atoms with E-state index < -0.39 is 11.6 Å². The van der Waals surface area contributed by atoms with E-state index in [9.17, 15) is 4.79 Å². The van der Waals surface area contributed by atoms with Crippen LogP contribution in [-0.4, -0.2) is 42.2 Å². The van der Waals surface area contributed by atoms with E-state index in [4.69, 9.17) is 42.8 Å². The Morgan fingerprint density at radius 3 is 2.47 bits per heavy atom. The lowest BCUT2D eigenvalue weighted by Crippen LogP contribution is -2.54. The van der Waals surface area contributed by atoms with Crippen LogP contribution in [0.4, 0.5) is 0 Å². The van der Waals surface area contributed by atoms with Crippen molar-refractivity contribution >= 4 is 66.9 Å². The topological polar surface area (TPSA) is 92.2 Å². The molecule has 0 unspecified atom stereocenters. The Morgan fingerprint density at radius 1 is 1.00 bits per heavy atom. The first-order chi connectivity index (χ1) is 21.8. The fourth-order valence-electron chi connectivity index (χ4n) is 5.01. The van der Waals surface area contributed by atoms with Gasteiger partial charge in [0.2, 0.25) is 5.90 Å². The Bertz CT molecular complexity index is 1650. The number of aliphatic hydroxyl groups excluding tert-OH is 1. The average molecular weight is 776 g/mol. The standard InChI is InChI=1S/C34H31Br2Cl2N3O4/c35-25-10-6-22(7-11-25)16-17-39-41-33(43)34(21-24-4-1-2-5-29(24)36)31(28-15-12-26(37)20-30(28)38)45-32(40-34)23-8-13-27(14-9-23)44-19-3-18-42/h1-2,4-15,20,31,39,42H,3,16-19,21H2,(H,41,43)/t31-,34-/m0/s1. The molecule has 0 saturated carbocycles. The Hall–Kier alpha value is -2.92. The van der Waals surface area contributed by atoms with E-state index in [0.717, 1.165) is 20.1 Å². The lowest BCUT2D eigenvalue weighted by atomic mass is 9.82. The van der Waals surface area contributed by atoms with Crippen LogP contribution in [0.25, 0.3) is 0 Å². The summed E-state index contributed by atoms with van der Waals surface area (Å²) in [6.07, 6.45) is 0.572. The Labute approximate surface area is 289 Å². The van der Waals surface area contributed by atoms with Crippen LogP contribution in [0.15, 0.2) is 105 Å². The van der Waals surface area contributed by atoms with Crippen molar-refractivity contribution in [1.29, 1.82) is 0 Å². The molecule has 2 atom stereocenters. The van der Waals surface area contributed by atoms with Crippen molar-refractivity contribution in [3.63, 3.8) is 0 Å². The number of halogens is 4. The molecule has 0 aliphatic carbocycles. The van der Waals surface area contributed by atoms with Gasteiger partial charge in [0.1, 0.15) is 5.75 Å². The number of ether oxygens (including phenoxy) is 2. The molecule has 0 bridgehead atoms. The zero-order valence-electron chi connectivity index (χ0n) is 24.1.